The molecule has 1 heterocycles. The Kier molecular flexibility index (Phi) is 3.65. The number of rotatable bonds is 4. The second-order valence-electron chi connectivity index (χ2n) is 2.44. The van der Waals surface area contributed by atoms with Gasteiger partial charge in [-0.15, -0.1) is 0 Å². The Morgan fingerprint density at radius 3 is 2.79 bits per heavy atom. The number of pyridine rings is 1. The van der Waals surface area contributed by atoms with Crippen molar-refractivity contribution in [2.45, 2.75) is 12.7 Å². The number of hydrogen-bond acceptors (Lipinski definition) is 3. The van der Waals surface area contributed by atoms with Crippen LogP contribution >= 0.6 is 15.9 Å². The minimum Gasteiger partial charge on any atom is -0.308 e. The Morgan fingerprint density at radius 2 is 2.29 bits per heavy atom. The minimum atomic E-state index is -3.74. The molecule has 1 rings (SSSR count). The molecule has 0 aromatic carbocycles. The van der Waals surface area contributed by atoms with Gasteiger partial charge in [-0.3, -0.25) is 9.78 Å². The summed E-state index contributed by atoms with van der Waals surface area (Å²) >= 11 is 3.14. The van der Waals surface area contributed by atoms with E-state index in [9.17, 15) is 13.6 Å². The summed E-state index contributed by atoms with van der Waals surface area (Å²) in [6.45, 7) is -0.404. The quantitative estimate of drug-likeness (QED) is 0.784. The molecule has 0 fully saturated rings. The molecule has 0 aliphatic rings. The molecule has 14 heavy (non-hydrogen) atoms. The van der Waals surface area contributed by atoms with Gasteiger partial charge in [-0.25, -0.2) is 0 Å². The first-order chi connectivity index (χ1) is 6.53. The van der Waals surface area contributed by atoms with Crippen LogP contribution in [0.2, 0.25) is 0 Å². The molecule has 0 unspecified atom stereocenters. The van der Waals surface area contributed by atoms with Crippen LogP contribution in [0.5, 0.6) is 0 Å². The molecule has 0 saturated carbocycles. The smallest absolute Gasteiger partial charge is 0.308 e. The zero-order valence-electron chi connectivity index (χ0n) is 6.91. The number of carbonyl (C=O) groups excluding carboxylic acids is 1. The number of ether oxygens (including phenoxy) is 1. The predicted molar refractivity (Wildman–Crippen MR) is 47.7 cm³/mol. The first-order valence-electron chi connectivity index (χ1n) is 3.62. The molecule has 3 nitrogen and oxygen atoms in total. The van der Waals surface area contributed by atoms with Crippen LogP contribution in [-0.2, 0) is 16.1 Å². The lowest BCUT2D eigenvalue weighted by Crippen LogP contribution is -2.22. The maximum Gasteiger partial charge on any atom is 0.413 e. The summed E-state index contributed by atoms with van der Waals surface area (Å²) in [5.41, 5.74) is 0.328. The van der Waals surface area contributed by atoms with Crippen molar-refractivity contribution in [3.05, 3.63) is 28.5 Å². The lowest BCUT2D eigenvalue weighted by atomic mass is 10.4. The fourth-order valence-electron chi connectivity index (χ4n) is 0.696. The van der Waals surface area contributed by atoms with Crippen LogP contribution in [0.25, 0.3) is 0 Å². The normalized spacial score (nSPS) is 11.4. The molecule has 1 aromatic rings. The second-order valence-corrected chi connectivity index (χ2v) is 3.35. The lowest BCUT2D eigenvalue weighted by Gasteiger charge is -2.08. The average molecular weight is 266 g/mol. The van der Waals surface area contributed by atoms with E-state index in [1.165, 1.54) is 12.3 Å². The summed E-state index contributed by atoms with van der Waals surface area (Å²) in [5, 5.41) is 0. The van der Waals surface area contributed by atoms with Crippen molar-refractivity contribution in [2.75, 3.05) is 0 Å². The Morgan fingerprint density at radius 1 is 1.57 bits per heavy atom. The van der Waals surface area contributed by atoms with Crippen molar-refractivity contribution in [2.24, 2.45) is 0 Å². The van der Waals surface area contributed by atoms with Gasteiger partial charge in [0.25, 0.3) is 0 Å². The average Bonchev–Trinajstić information content (AvgIpc) is 2.17. The van der Waals surface area contributed by atoms with E-state index in [-0.39, 0.29) is 0 Å². The summed E-state index contributed by atoms with van der Waals surface area (Å²) in [7, 11) is 0. The van der Waals surface area contributed by atoms with Crippen LogP contribution in [0.15, 0.2) is 22.8 Å². The zero-order valence-corrected chi connectivity index (χ0v) is 8.50. The maximum atomic E-state index is 12.3. The highest BCUT2D eigenvalue weighted by Crippen LogP contribution is 2.14. The first kappa shape index (κ1) is 11.2. The number of carbonyl (C=O) groups is 1. The molecule has 0 saturated heterocycles. The molecule has 0 N–H and O–H groups in total. The molecule has 0 aliphatic carbocycles. The van der Waals surface area contributed by atoms with Crippen molar-refractivity contribution in [3.63, 3.8) is 0 Å². The Hall–Kier alpha value is -0.880. The van der Waals surface area contributed by atoms with Gasteiger partial charge in [0.1, 0.15) is 0 Å². The molecule has 6 heteroatoms. The zero-order chi connectivity index (χ0) is 10.6. The van der Waals surface area contributed by atoms with Crippen LogP contribution < -0.4 is 0 Å². The summed E-state index contributed by atoms with van der Waals surface area (Å²) in [6, 6.07) is 3.16. The highest BCUT2D eigenvalue weighted by atomic mass is 79.9. The van der Waals surface area contributed by atoms with E-state index >= 15 is 0 Å². The summed E-state index contributed by atoms with van der Waals surface area (Å²) in [4.78, 5) is 13.6. The van der Waals surface area contributed by atoms with Gasteiger partial charge in [0.2, 0.25) is 6.29 Å². The van der Waals surface area contributed by atoms with Crippen molar-refractivity contribution < 1.29 is 18.3 Å². The van der Waals surface area contributed by atoms with Crippen molar-refractivity contribution in [1.82, 2.24) is 4.98 Å². The van der Waals surface area contributed by atoms with Gasteiger partial charge < -0.3 is 4.74 Å². The molecular weight excluding hydrogens is 260 g/mol. The van der Waals surface area contributed by atoms with E-state index in [0.29, 0.717) is 5.69 Å². The number of nitrogens with zero attached hydrogens (tertiary/aromatic N) is 1. The monoisotopic (exact) mass is 265 g/mol. The third kappa shape index (κ3) is 3.47. The van der Waals surface area contributed by atoms with Crippen LogP contribution in [0.3, 0.4) is 0 Å². The van der Waals surface area contributed by atoms with Crippen LogP contribution in [0.1, 0.15) is 5.69 Å². The van der Waals surface area contributed by atoms with E-state index in [4.69, 9.17) is 0 Å². The second kappa shape index (κ2) is 4.56. The number of aromatic nitrogens is 1. The fourth-order valence-corrected chi connectivity index (χ4v) is 0.931. The van der Waals surface area contributed by atoms with Crippen LogP contribution in [0.4, 0.5) is 8.78 Å². The Labute approximate surface area is 87.2 Å². The van der Waals surface area contributed by atoms with E-state index < -0.39 is 19.0 Å². The van der Waals surface area contributed by atoms with E-state index in [1.54, 1.807) is 6.07 Å². The third-order valence-corrected chi connectivity index (χ3v) is 1.81. The lowest BCUT2D eigenvalue weighted by molar-refractivity contribution is -0.223. The molecule has 0 bridgehead atoms. The van der Waals surface area contributed by atoms with Gasteiger partial charge in [0.05, 0.1) is 12.3 Å². The van der Waals surface area contributed by atoms with Crippen molar-refractivity contribution in [3.8, 4) is 0 Å². The van der Waals surface area contributed by atoms with Crippen molar-refractivity contribution in [1.29, 1.82) is 0 Å². The molecule has 1 aromatic heterocycles. The molecule has 0 amide bonds. The third-order valence-electron chi connectivity index (χ3n) is 1.34. The van der Waals surface area contributed by atoms with Gasteiger partial charge in [-0.1, -0.05) is 0 Å². The van der Waals surface area contributed by atoms with Crippen LogP contribution in [-0.4, -0.2) is 17.4 Å². The Bertz CT molecular complexity index is 316. The predicted octanol–water partition coefficient (Wildman–Crippen LogP) is 2.15. The van der Waals surface area contributed by atoms with Gasteiger partial charge in [-0.2, -0.15) is 8.78 Å². The number of alkyl halides is 2. The van der Waals surface area contributed by atoms with Crippen molar-refractivity contribution >= 4 is 22.2 Å². The van der Waals surface area contributed by atoms with Crippen LogP contribution in [0, 0.1) is 0 Å². The maximum absolute atomic E-state index is 12.3. The van der Waals surface area contributed by atoms with Gasteiger partial charge in [0.15, 0.2) is 0 Å². The van der Waals surface area contributed by atoms with E-state index in [1.807, 2.05) is 0 Å². The molecule has 0 spiro atoms. The fraction of sp³-hybridized carbons (Fsp3) is 0.250. The molecular formula is C8H6BrF2NO2. The summed E-state index contributed by atoms with van der Waals surface area (Å²) < 4.78 is 29.3. The van der Waals surface area contributed by atoms with Gasteiger partial charge in [-0.05, 0) is 28.1 Å². The largest absolute Gasteiger partial charge is 0.413 e. The van der Waals surface area contributed by atoms with Gasteiger partial charge in [0, 0.05) is 10.7 Å². The van der Waals surface area contributed by atoms with E-state index in [0.717, 1.165) is 4.47 Å². The first-order valence-corrected chi connectivity index (χ1v) is 4.41. The molecule has 0 atom stereocenters. The number of halogens is 3. The summed E-state index contributed by atoms with van der Waals surface area (Å²) in [5.74, 6) is 0. The SMILES string of the molecule is O=CC(F)(F)OCc1ccc(Br)cn1. The highest BCUT2D eigenvalue weighted by molar-refractivity contribution is 9.10. The molecule has 0 aliphatic heterocycles. The standard InChI is InChI=1S/C8H6BrF2NO2/c9-6-1-2-7(12-3-6)4-14-8(10,11)5-13/h1-3,5H,4H2. The number of hydrogen-bond donors (Lipinski definition) is 0. The molecule has 0 radical (unpaired) electrons. The van der Waals surface area contributed by atoms with Gasteiger partial charge >= 0.3 is 6.11 Å². The highest BCUT2D eigenvalue weighted by Gasteiger charge is 2.29. The summed E-state index contributed by atoms with van der Waals surface area (Å²) in [6.07, 6.45) is -2.83. The molecule has 76 valence electrons. The minimum absolute atomic E-state index is 0.328. The Balaban J connectivity index is 2.54. The topological polar surface area (TPSA) is 39.2 Å². The van der Waals surface area contributed by atoms with E-state index in [2.05, 4.69) is 25.7 Å². The number of aldehydes is 1.